The van der Waals surface area contributed by atoms with E-state index in [4.69, 9.17) is 16.6 Å². The largest absolute Gasteiger partial charge is 0.351 e. The van der Waals surface area contributed by atoms with E-state index in [0.717, 1.165) is 41.1 Å². The number of hydrogen-bond acceptors (Lipinski definition) is 3. The molecule has 0 bridgehead atoms. The third kappa shape index (κ3) is 3.36. The minimum atomic E-state index is -0.0677. The minimum absolute atomic E-state index is 0.0677. The van der Waals surface area contributed by atoms with Gasteiger partial charge in [-0.2, -0.15) is 0 Å². The third-order valence-corrected chi connectivity index (χ3v) is 5.53. The van der Waals surface area contributed by atoms with Crippen molar-refractivity contribution in [3.63, 3.8) is 0 Å². The predicted octanol–water partition coefficient (Wildman–Crippen LogP) is 4.50. The number of urea groups is 1. The molecule has 1 aliphatic rings. The predicted molar refractivity (Wildman–Crippen MR) is 117 cm³/mol. The highest BCUT2D eigenvalue weighted by Gasteiger charge is 2.24. The quantitative estimate of drug-likeness (QED) is 0.534. The van der Waals surface area contributed by atoms with Gasteiger partial charge in [0.1, 0.15) is 0 Å². The molecule has 1 N–H and O–H groups in total. The fourth-order valence-electron chi connectivity index (χ4n) is 3.81. The summed E-state index contributed by atoms with van der Waals surface area (Å²) in [6.45, 7) is 2.73. The molecule has 3 heterocycles. The van der Waals surface area contributed by atoms with Crippen LogP contribution in [0.2, 0.25) is 5.02 Å². The number of aromatic nitrogens is 2. The molecule has 1 fully saturated rings. The maximum Gasteiger partial charge on any atom is 0.321 e. The van der Waals surface area contributed by atoms with Gasteiger partial charge in [0.15, 0.2) is 5.82 Å². The number of hydrogen-bond donors (Lipinski definition) is 1. The standard InChI is InChI=1S/C22H20ClN5O/c23-16-8-9-19-18(15-16)25-21(20-7-4-10-28(19)20)26-11-13-27(14-12-26)22(29)24-17-5-2-1-3-6-17/h1-10,15H,11-14H2,(H,24,29). The summed E-state index contributed by atoms with van der Waals surface area (Å²) in [5, 5.41) is 3.63. The molecule has 0 saturated carbocycles. The van der Waals surface area contributed by atoms with E-state index >= 15 is 0 Å². The van der Waals surface area contributed by atoms with Crippen LogP contribution in [0.25, 0.3) is 16.6 Å². The fraction of sp³-hybridized carbons (Fsp3) is 0.182. The van der Waals surface area contributed by atoms with Gasteiger partial charge in [0.2, 0.25) is 0 Å². The summed E-state index contributed by atoms with van der Waals surface area (Å²) in [6, 6.07) is 19.3. The van der Waals surface area contributed by atoms with Crippen LogP contribution >= 0.6 is 11.6 Å². The van der Waals surface area contributed by atoms with Crippen molar-refractivity contribution in [2.24, 2.45) is 0 Å². The lowest BCUT2D eigenvalue weighted by molar-refractivity contribution is 0.208. The average molecular weight is 406 g/mol. The van der Waals surface area contributed by atoms with Crippen molar-refractivity contribution in [1.82, 2.24) is 14.3 Å². The molecule has 6 nitrogen and oxygen atoms in total. The normalized spacial score (nSPS) is 14.5. The van der Waals surface area contributed by atoms with Crippen molar-refractivity contribution in [3.05, 3.63) is 71.9 Å². The first-order valence-electron chi connectivity index (χ1n) is 9.61. The Bertz CT molecular complexity index is 1180. The molecule has 1 aliphatic heterocycles. The molecule has 2 amide bonds. The Morgan fingerprint density at radius 1 is 0.931 bits per heavy atom. The number of carbonyl (C=O) groups excluding carboxylic acids is 1. The second-order valence-electron chi connectivity index (χ2n) is 7.10. The van der Waals surface area contributed by atoms with Gasteiger partial charge in [0.25, 0.3) is 0 Å². The molecule has 2 aromatic heterocycles. The molecule has 2 aromatic carbocycles. The number of carbonyl (C=O) groups is 1. The molecule has 7 heteroatoms. The molecule has 29 heavy (non-hydrogen) atoms. The molecular weight excluding hydrogens is 386 g/mol. The highest BCUT2D eigenvalue weighted by Crippen LogP contribution is 2.27. The zero-order chi connectivity index (χ0) is 19.8. The number of nitrogens with zero attached hydrogens (tertiary/aromatic N) is 4. The SMILES string of the molecule is O=C(Nc1ccccc1)N1CCN(c2nc3cc(Cl)ccc3n3cccc23)CC1. The minimum Gasteiger partial charge on any atom is -0.351 e. The molecule has 0 spiro atoms. The molecular formula is C22H20ClN5O. The Hall–Kier alpha value is -3.25. The van der Waals surface area contributed by atoms with E-state index in [0.29, 0.717) is 18.1 Å². The summed E-state index contributed by atoms with van der Waals surface area (Å²) in [7, 11) is 0. The first kappa shape index (κ1) is 17.8. The maximum atomic E-state index is 12.6. The molecule has 5 rings (SSSR count). The lowest BCUT2D eigenvalue weighted by Crippen LogP contribution is -2.50. The van der Waals surface area contributed by atoms with Crippen LogP contribution in [0.5, 0.6) is 0 Å². The Kier molecular flexibility index (Phi) is 4.48. The lowest BCUT2D eigenvalue weighted by atomic mass is 10.2. The first-order chi connectivity index (χ1) is 14.2. The summed E-state index contributed by atoms with van der Waals surface area (Å²) in [6.07, 6.45) is 2.04. The van der Waals surface area contributed by atoms with E-state index in [2.05, 4.69) is 20.7 Å². The molecule has 0 aliphatic carbocycles. The molecule has 1 saturated heterocycles. The van der Waals surface area contributed by atoms with Crippen LogP contribution in [0.3, 0.4) is 0 Å². The zero-order valence-corrected chi connectivity index (χ0v) is 16.5. The Morgan fingerprint density at radius 3 is 2.52 bits per heavy atom. The van der Waals surface area contributed by atoms with Gasteiger partial charge < -0.3 is 19.5 Å². The van der Waals surface area contributed by atoms with Crippen molar-refractivity contribution < 1.29 is 4.79 Å². The summed E-state index contributed by atoms with van der Waals surface area (Å²) in [4.78, 5) is 21.5. The van der Waals surface area contributed by atoms with Crippen molar-refractivity contribution in [3.8, 4) is 0 Å². The number of para-hydroxylation sites is 1. The number of anilines is 2. The maximum absolute atomic E-state index is 12.6. The van der Waals surface area contributed by atoms with Crippen molar-refractivity contribution in [2.45, 2.75) is 0 Å². The van der Waals surface area contributed by atoms with Crippen LogP contribution < -0.4 is 10.2 Å². The monoisotopic (exact) mass is 405 g/mol. The summed E-state index contributed by atoms with van der Waals surface area (Å²) in [5.74, 6) is 0.924. The Balaban J connectivity index is 1.37. The Labute approximate surface area is 173 Å². The number of benzene rings is 2. The number of piperazine rings is 1. The van der Waals surface area contributed by atoms with E-state index in [1.807, 2.05) is 65.7 Å². The molecule has 0 unspecified atom stereocenters. The van der Waals surface area contributed by atoms with Gasteiger partial charge in [-0.3, -0.25) is 0 Å². The van der Waals surface area contributed by atoms with E-state index < -0.39 is 0 Å². The third-order valence-electron chi connectivity index (χ3n) is 5.29. The van der Waals surface area contributed by atoms with E-state index in [-0.39, 0.29) is 6.03 Å². The number of nitrogens with one attached hydrogen (secondary N) is 1. The average Bonchev–Trinajstić information content (AvgIpc) is 3.24. The van der Waals surface area contributed by atoms with Crippen molar-refractivity contribution in [1.29, 1.82) is 0 Å². The highest BCUT2D eigenvalue weighted by atomic mass is 35.5. The Morgan fingerprint density at radius 2 is 1.72 bits per heavy atom. The summed E-state index contributed by atoms with van der Waals surface area (Å²) in [5.41, 5.74) is 3.75. The number of amides is 2. The molecule has 0 atom stereocenters. The topological polar surface area (TPSA) is 52.9 Å². The number of rotatable bonds is 2. The van der Waals surface area contributed by atoms with Gasteiger partial charge in [0.05, 0.1) is 16.6 Å². The molecule has 0 radical (unpaired) electrons. The van der Waals surface area contributed by atoms with Crippen LogP contribution in [0, 0.1) is 0 Å². The van der Waals surface area contributed by atoms with Gasteiger partial charge in [-0.05, 0) is 42.5 Å². The van der Waals surface area contributed by atoms with E-state index in [1.54, 1.807) is 0 Å². The van der Waals surface area contributed by atoms with Gasteiger partial charge >= 0.3 is 6.03 Å². The van der Waals surface area contributed by atoms with Gasteiger partial charge in [-0.25, -0.2) is 9.78 Å². The van der Waals surface area contributed by atoms with Crippen molar-refractivity contribution in [2.75, 3.05) is 36.4 Å². The van der Waals surface area contributed by atoms with E-state index in [1.165, 1.54) is 0 Å². The number of fused-ring (bicyclic) bond motifs is 3. The van der Waals surface area contributed by atoms with Gasteiger partial charge in [-0.15, -0.1) is 0 Å². The lowest BCUT2D eigenvalue weighted by Gasteiger charge is -2.35. The first-order valence-corrected chi connectivity index (χ1v) is 9.99. The second kappa shape index (κ2) is 7.29. The molecule has 4 aromatic rings. The number of halogens is 1. The zero-order valence-electron chi connectivity index (χ0n) is 15.8. The van der Waals surface area contributed by atoms with Crippen LogP contribution in [0.4, 0.5) is 16.3 Å². The second-order valence-corrected chi connectivity index (χ2v) is 7.54. The van der Waals surface area contributed by atoms with Crippen molar-refractivity contribution >= 4 is 45.7 Å². The van der Waals surface area contributed by atoms with E-state index in [9.17, 15) is 4.79 Å². The smallest absolute Gasteiger partial charge is 0.321 e. The van der Waals surface area contributed by atoms with Crippen LogP contribution in [0.15, 0.2) is 66.9 Å². The van der Waals surface area contributed by atoms with Crippen LogP contribution in [-0.4, -0.2) is 46.5 Å². The molecule has 146 valence electrons. The fourth-order valence-corrected chi connectivity index (χ4v) is 3.98. The van der Waals surface area contributed by atoms with Crippen LogP contribution in [0.1, 0.15) is 0 Å². The summed E-state index contributed by atoms with van der Waals surface area (Å²) < 4.78 is 2.14. The van der Waals surface area contributed by atoms with Gasteiger partial charge in [0, 0.05) is 43.1 Å². The van der Waals surface area contributed by atoms with Gasteiger partial charge in [-0.1, -0.05) is 29.8 Å². The summed E-state index contributed by atoms with van der Waals surface area (Å²) >= 11 is 6.19. The highest BCUT2D eigenvalue weighted by molar-refractivity contribution is 6.31. The van der Waals surface area contributed by atoms with Crippen LogP contribution in [-0.2, 0) is 0 Å².